The van der Waals surface area contributed by atoms with E-state index >= 15 is 0 Å². The van der Waals surface area contributed by atoms with Crippen molar-refractivity contribution in [2.75, 3.05) is 24.9 Å². The molecule has 6 nitrogen and oxygen atoms in total. The Morgan fingerprint density at radius 3 is 2.25 bits per heavy atom. The van der Waals surface area contributed by atoms with Crippen molar-refractivity contribution in [1.29, 1.82) is 0 Å². The third-order valence-electron chi connectivity index (χ3n) is 4.28. The van der Waals surface area contributed by atoms with Crippen molar-refractivity contribution in [1.82, 2.24) is 9.97 Å². The lowest BCUT2D eigenvalue weighted by molar-refractivity contribution is 0.415. The van der Waals surface area contributed by atoms with E-state index in [1.807, 2.05) is 72.8 Å². The predicted octanol–water partition coefficient (Wildman–Crippen LogP) is 5.13. The fraction of sp³-hybridized carbons (Fsp3) is 0.0909. The molecular weight excluding hydrogens is 352 g/mol. The second-order valence-corrected chi connectivity index (χ2v) is 6.12. The van der Waals surface area contributed by atoms with Gasteiger partial charge in [0, 0.05) is 22.8 Å². The van der Waals surface area contributed by atoms with Crippen LogP contribution in [0.25, 0.3) is 10.9 Å². The van der Waals surface area contributed by atoms with Gasteiger partial charge in [0.2, 0.25) is 5.95 Å². The Kier molecular flexibility index (Phi) is 4.93. The summed E-state index contributed by atoms with van der Waals surface area (Å²) in [4.78, 5) is 9.32. The SMILES string of the molecule is COc1ccc(Nc2nc(Nc3cccc(OC)c3)c3ccccc3n2)cc1. The van der Waals surface area contributed by atoms with Crippen LogP contribution in [0, 0.1) is 0 Å². The molecule has 0 spiro atoms. The molecule has 0 saturated carbocycles. The average Bonchev–Trinajstić information content (AvgIpc) is 2.74. The first-order valence-electron chi connectivity index (χ1n) is 8.84. The molecule has 0 unspecified atom stereocenters. The Bertz CT molecular complexity index is 1100. The van der Waals surface area contributed by atoms with Crippen molar-refractivity contribution in [3.05, 3.63) is 72.8 Å². The molecule has 3 aromatic carbocycles. The van der Waals surface area contributed by atoms with Gasteiger partial charge in [-0.1, -0.05) is 18.2 Å². The highest BCUT2D eigenvalue weighted by Gasteiger charge is 2.09. The molecule has 0 aliphatic carbocycles. The summed E-state index contributed by atoms with van der Waals surface area (Å²) < 4.78 is 10.5. The molecule has 4 rings (SSSR count). The minimum absolute atomic E-state index is 0.509. The highest BCUT2D eigenvalue weighted by Crippen LogP contribution is 2.28. The minimum Gasteiger partial charge on any atom is -0.497 e. The van der Waals surface area contributed by atoms with Gasteiger partial charge in [-0.05, 0) is 48.5 Å². The molecule has 0 atom stereocenters. The Balaban J connectivity index is 1.70. The highest BCUT2D eigenvalue weighted by molar-refractivity contribution is 5.92. The molecule has 4 aromatic rings. The third kappa shape index (κ3) is 3.81. The first-order chi connectivity index (χ1) is 13.7. The van der Waals surface area contributed by atoms with Gasteiger partial charge in [0.25, 0.3) is 0 Å². The molecule has 0 radical (unpaired) electrons. The molecule has 140 valence electrons. The number of ether oxygens (including phenoxy) is 2. The predicted molar refractivity (Wildman–Crippen MR) is 112 cm³/mol. The monoisotopic (exact) mass is 372 g/mol. The van der Waals surface area contributed by atoms with Crippen LogP contribution in [-0.2, 0) is 0 Å². The zero-order valence-corrected chi connectivity index (χ0v) is 15.6. The molecule has 0 bridgehead atoms. The maximum absolute atomic E-state index is 5.31. The van der Waals surface area contributed by atoms with Crippen LogP contribution in [0.5, 0.6) is 11.5 Å². The summed E-state index contributed by atoms with van der Waals surface area (Å²) in [5.41, 5.74) is 2.61. The first kappa shape index (κ1) is 17.6. The number of aromatic nitrogens is 2. The summed E-state index contributed by atoms with van der Waals surface area (Å²) in [7, 11) is 3.29. The van der Waals surface area contributed by atoms with E-state index in [2.05, 4.69) is 20.6 Å². The molecule has 0 saturated heterocycles. The molecule has 0 fully saturated rings. The fourth-order valence-electron chi connectivity index (χ4n) is 2.87. The Morgan fingerprint density at radius 2 is 1.46 bits per heavy atom. The van der Waals surface area contributed by atoms with Crippen molar-refractivity contribution >= 4 is 34.0 Å². The second kappa shape index (κ2) is 7.84. The van der Waals surface area contributed by atoms with E-state index < -0.39 is 0 Å². The zero-order chi connectivity index (χ0) is 19.3. The van der Waals surface area contributed by atoms with Crippen LogP contribution in [-0.4, -0.2) is 24.2 Å². The molecule has 0 aliphatic heterocycles. The van der Waals surface area contributed by atoms with Crippen LogP contribution >= 0.6 is 0 Å². The molecule has 0 aliphatic rings. The summed E-state index contributed by atoms with van der Waals surface area (Å²) in [6.07, 6.45) is 0. The summed E-state index contributed by atoms with van der Waals surface area (Å²) in [6.45, 7) is 0. The number of methoxy groups -OCH3 is 2. The number of hydrogen-bond acceptors (Lipinski definition) is 6. The van der Waals surface area contributed by atoms with Gasteiger partial charge in [0.05, 0.1) is 19.7 Å². The van der Waals surface area contributed by atoms with Gasteiger partial charge in [-0.25, -0.2) is 4.98 Å². The Morgan fingerprint density at radius 1 is 0.679 bits per heavy atom. The van der Waals surface area contributed by atoms with Gasteiger partial charge in [0.1, 0.15) is 17.3 Å². The summed E-state index contributed by atoms with van der Waals surface area (Å²) in [6, 6.07) is 23.2. The zero-order valence-electron chi connectivity index (χ0n) is 15.6. The van der Waals surface area contributed by atoms with E-state index in [1.165, 1.54) is 0 Å². The van der Waals surface area contributed by atoms with Crippen molar-refractivity contribution in [2.45, 2.75) is 0 Å². The molecule has 1 aromatic heterocycles. The molecule has 2 N–H and O–H groups in total. The number of benzene rings is 3. The Hall–Kier alpha value is -3.80. The lowest BCUT2D eigenvalue weighted by atomic mass is 10.2. The molecule has 6 heteroatoms. The van der Waals surface area contributed by atoms with Gasteiger partial charge in [0.15, 0.2) is 0 Å². The highest BCUT2D eigenvalue weighted by atomic mass is 16.5. The van der Waals surface area contributed by atoms with E-state index in [0.29, 0.717) is 5.95 Å². The van der Waals surface area contributed by atoms with Gasteiger partial charge < -0.3 is 20.1 Å². The average molecular weight is 372 g/mol. The van der Waals surface area contributed by atoms with Crippen LogP contribution in [0.2, 0.25) is 0 Å². The number of para-hydroxylation sites is 1. The van der Waals surface area contributed by atoms with Crippen molar-refractivity contribution in [3.63, 3.8) is 0 Å². The molecular formula is C22H20N4O2. The van der Waals surface area contributed by atoms with Crippen LogP contribution in [0.3, 0.4) is 0 Å². The van der Waals surface area contributed by atoms with E-state index in [0.717, 1.165) is 39.6 Å². The van der Waals surface area contributed by atoms with Crippen molar-refractivity contribution in [3.8, 4) is 11.5 Å². The standard InChI is InChI=1S/C22H20N4O2/c1-27-17-12-10-15(11-13-17)24-22-25-20-9-4-3-8-19(20)21(26-22)23-16-6-5-7-18(14-16)28-2/h3-14H,1-2H3,(H2,23,24,25,26). The second-order valence-electron chi connectivity index (χ2n) is 6.12. The number of nitrogens with one attached hydrogen (secondary N) is 2. The maximum Gasteiger partial charge on any atom is 0.229 e. The summed E-state index contributed by atoms with van der Waals surface area (Å²) >= 11 is 0. The first-order valence-corrected chi connectivity index (χ1v) is 8.84. The number of nitrogens with zero attached hydrogens (tertiary/aromatic N) is 2. The third-order valence-corrected chi connectivity index (χ3v) is 4.28. The summed E-state index contributed by atoms with van der Waals surface area (Å²) in [5.74, 6) is 2.80. The quantitative estimate of drug-likeness (QED) is 0.489. The van der Waals surface area contributed by atoms with Crippen molar-refractivity contribution in [2.24, 2.45) is 0 Å². The molecule has 28 heavy (non-hydrogen) atoms. The lowest BCUT2D eigenvalue weighted by Gasteiger charge is -2.13. The van der Waals surface area contributed by atoms with Crippen LogP contribution in [0.15, 0.2) is 72.8 Å². The van der Waals surface area contributed by atoms with E-state index in [9.17, 15) is 0 Å². The number of fused-ring (bicyclic) bond motifs is 1. The van der Waals surface area contributed by atoms with Gasteiger partial charge >= 0.3 is 0 Å². The smallest absolute Gasteiger partial charge is 0.229 e. The van der Waals surface area contributed by atoms with Crippen LogP contribution in [0.4, 0.5) is 23.1 Å². The van der Waals surface area contributed by atoms with E-state index in [4.69, 9.17) is 9.47 Å². The maximum atomic E-state index is 5.31. The van der Waals surface area contributed by atoms with Gasteiger partial charge in [-0.2, -0.15) is 4.98 Å². The number of anilines is 4. The number of rotatable bonds is 6. The Labute approximate surface area is 163 Å². The summed E-state index contributed by atoms with van der Waals surface area (Å²) in [5, 5.41) is 7.56. The van der Waals surface area contributed by atoms with Gasteiger partial charge in [-0.3, -0.25) is 0 Å². The van der Waals surface area contributed by atoms with Crippen LogP contribution < -0.4 is 20.1 Å². The van der Waals surface area contributed by atoms with Crippen molar-refractivity contribution < 1.29 is 9.47 Å². The normalized spacial score (nSPS) is 10.5. The minimum atomic E-state index is 0.509. The van der Waals surface area contributed by atoms with E-state index in [1.54, 1.807) is 14.2 Å². The topological polar surface area (TPSA) is 68.3 Å². The number of hydrogen-bond donors (Lipinski definition) is 2. The fourth-order valence-corrected chi connectivity index (χ4v) is 2.87. The largest absolute Gasteiger partial charge is 0.497 e. The van der Waals surface area contributed by atoms with E-state index in [-0.39, 0.29) is 0 Å². The lowest BCUT2D eigenvalue weighted by Crippen LogP contribution is -2.02. The molecule has 1 heterocycles. The van der Waals surface area contributed by atoms with Crippen LogP contribution in [0.1, 0.15) is 0 Å². The molecule has 0 amide bonds. The van der Waals surface area contributed by atoms with Gasteiger partial charge in [-0.15, -0.1) is 0 Å².